The average molecular weight is 445 g/mol. The highest BCUT2D eigenvalue weighted by molar-refractivity contribution is 8.03. The van der Waals surface area contributed by atoms with Gasteiger partial charge in [-0.1, -0.05) is 54.6 Å². The van der Waals surface area contributed by atoms with Gasteiger partial charge in [0.1, 0.15) is 0 Å². The second kappa shape index (κ2) is 8.57. The van der Waals surface area contributed by atoms with Crippen molar-refractivity contribution < 1.29 is 9.59 Å². The molecule has 154 valence electrons. The number of rotatable bonds is 7. The lowest BCUT2D eigenvalue weighted by Crippen LogP contribution is -2.33. The van der Waals surface area contributed by atoms with E-state index in [9.17, 15) is 9.59 Å². The fourth-order valence-electron chi connectivity index (χ4n) is 3.83. The van der Waals surface area contributed by atoms with Crippen molar-refractivity contribution in [2.75, 3.05) is 6.54 Å². The molecule has 2 aromatic heterocycles. The quantitative estimate of drug-likeness (QED) is 0.384. The molecule has 0 fully saturated rings. The Morgan fingerprint density at radius 2 is 1.71 bits per heavy atom. The number of H-pyrrole nitrogens is 1. The van der Waals surface area contributed by atoms with Crippen LogP contribution in [0.15, 0.2) is 83.2 Å². The molecule has 31 heavy (non-hydrogen) atoms. The van der Waals surface area contributed by atoms with Gasteiger partial charge in [-0.2, -0.15) is 0 Å². The van der Waals surface area contributed by atoms with Gasteiger partial charge < -0.3 is 4.98 Å². The SMILES string of the molecule is O=C1C(SCc2ccccc2)=C(c2cccs2)C(=O)N1CCc1c[nH]c2ccccc12. The molecule has 0 aliphatic carbocycles. The largest absolute Gasteiger partial charge is 0.361 e. The van der Waals surface area contributed by atoms with Gasteiger partial charge in [0, 0.05) is 34.3 Å². The van der Waals surface area contributed by atoms with E-state index in [1.165, 1.54) is 28.0 Å². The molecule has 1 N–H and O–H groups in total. The Hall–Kier alpha value is -3.09. The third kappa shape index (κ3) is 3.84. The molecule has 0 saturated carbocycles. The third-order valence-electron chi connectivity index (χ3n) is 5.40. The number of carbonyl (C=O) groups is 2. The number of amides is 2. The summed E-state index contributed by atoms with van der Waals surface area (Å²) in [4.78, 5) is 32.7. The van der Waals surface area contributed by atoms with Crippen molar-refractivity contribution in [1.82, 2.24) is 9.88 Å². The molecule has 6 heteroatoms. The number of aromatic amines is 1. The molecule has 0 spiro atoms. The molecule has 1 aliphatic rings. The fraction of sp³-hybridized carbons (Fsp3) is 0.120. The Morgan fingerprint density at radius 1 is 0.903 bits per heavy atom. The number of imide groups is 1. The number of hydrogen-bond donors (Lipinski definition) is 1. The first-order valence-corrected chi connectivity index (χ1v) is 11.9. The summed E-state index contributed by atoms with van der Waals surface area (Å²) in [6, 6.07) is 21.9. The summed E-state index contributed by atoms with van der Waals surface area (Å²) in [6.45, 7) is 0.365. The van der Waals surface area contributed by atoms with E-state index in [1.54, 1.807) is 0 Å². The van der Waals surface area contributed by atoms with Crippen LogP contribution in [0.3, 0.4) is 0 Å². The van der Waals surface area contributed by atoms with Crippen LogP contribution in [-0.4, -0.2) is 28.2 Å². The molecule has 2 aromatic carbocycles. The maximum Gasteiger partial charge on any atom is 0.268 e. The number of thiophene rings is 1. The molecular formula is C25H20N2O2S2. The number of fused-ring (bicyclic) bond motifs is 1. The summed E-state index contributed by atoms with van der Waals surface area (Å²) in [7, 11) is 0. The van der Waals surface area contributed by atoms with E-state index in [4.69, 9.17) is 0 Å². The van der Waals surface area contributed by atoms with Crippen LogP contribution >= 0.6 is 23.1 Å². The van der Waals surface area contributed by atoms with E-state index < -0.39 is 0 Å². The second-order valence-corrected chi connectivity index (χ2v) is 9.26. The van der Waals surface area contributed by atoms with Gasteiger partial charge >= 0.3 is 0 Å². The zero-order valence-corrected chi connectivity index (χ0v) is 18.3. The van der Waals surface area contributed by atoms with Crippen molar-refractivity contribution in [2.24, 2.45) is 0 Å². The van der Waals surface area contributed by atoms with Crippen LogP contribution in [0.25, 0.3) is 16.5 Å². The van der Waals surface area contributed by atoms with E-state index in [0.29, 0.717) is 29.2 Å². The van der Waals surface area contributed by atoms with Crippen molar-refractivity contribution in [1.29, 1.82) is 0 Å². The predicted molar refractivity (Wildman–Crippen MR) is 128 cm³/mol. The number of aromatic nitrogens is 1. The van der Waals surface area contributed by atoms with Crippen LogP contribution < -0.4 is 0 Å². The van der Waals surface area contributed by atoms with E-state index in [1.807, 2.05) is 72.2 Å². The van der Waals surface area contributed by atoms with Crippen LogP contribution in [0.2, 0.25) is 0 Å². The van der Waals surface area contributed by atoms with E-state index >= 15 is 0 Å². The smallest absolute Gasteiger partial charge is 0.268 e. The van der Waals surface area contributed by atoms with Gasteiger partial charge in [0.25, 0.3) is 11.8 Å². The molecule has 0 saturated heterocycles. The highest BCUT2D eigenvalue weighted by Crippen LogP contribution is 2.39. The van der Waals surface area contributed by atoms with E-state index in [0.717, 1.165) is 26.9 Å². The molecule has 4 nitrogen and oxygen atoms in total. The van der Waals surface area contributed by atoms with Gasteiger partial charge in [-0.15, -0.1) is 23.1 Å². The number of carbonyl (C=O) groups excluding carboxylic acids is 2. The molecule has 0 radical (unpaired) electrons. The van der Waals surface area contributed by atoms with Gasteiger partial charge in [-0.25, -0.2) is 0 Å². The minimum absolute atomic E-state index is 0.186. The molecule has 3 heterocycles. The highest BCUT2D eigenvalue weighted by atomic mass is 32.2. The molecule has 0 bridgehead atoms. The van der Waals surface area contributed by atoms with Gasteiger partial charge in [0.05, 0.1) is 10.5 Å². The topological polar surface area (TPSA) is 53.2 Å². The number of hydrogen-bond acceptors (Lipinski definition) is 4. The number of benzene rings is 2. The number of para-hydroxylation sites is 1. The van der Waals surface area contributed by atoms with Crippen molar-refractivity contribution in [3.63, 3.8) is 0 Å². The molecule has 1 aliphatic heterocycles. The summed E-state index contributed by atoms with van der Waals surface area (Å²) >= 11 is 2.95. The summed E-state index contributed by atoms with van der Waals surface area (Å²) in [5.41, 5.74) is 3.84. The monoisotopic (exact) mass is 444 g/mol. The molecular weight excluding hydrogens is 424 g/mol. The maximum absolute atomic E-state index is 13.3. The first-order valence-electron chi connectivity index (χ1n) is 10.1. The molecule has 4 aromatic rings. The predicted octanol–water partition coefficient (Wildman–Crippen LogP) is 5.49. The first-order chi connectivity index (χ1) is 15.2. The molecule has 5 rings (SSSR count). The van der Waals surface area contributed by atoms with Gasteiger partial charge in [-0.05, 0) is 35.1 Å². The number of nitrogens with one attached hydrogen (secondary N) is 1. The van der Waals surface area contributed by atoms with Crippen molar-refractivity contribution in [3.05, 3.63) is 99.2 Å². The Labute approximate surface area is 188 Å². The highest BCUT2D eigenvalue weighted by Gasteiger charge is 2.39. The lowest BCUT2D eigenvalue weighted by Gasteiger charge is -2.14. The lowest BCUT2D eigenvalue weighted by molar-refractivity contribution is -0.136. The second-order valence-electron chi connectivity index (χ2n) is 7.33. The van der Waals surface area contributed by atoms with Crippen LogP contribution in [0.5, 0.6) is 0 Å². The Morgan fingerprint density at radius 3 is 2.52 bits per heavy atom. The minimum Gasteiger partial charge on any atom is -0.361 e. The Balaban J connectivity index is 1.39. The minimum atomic E-state index is -0.192. The van der Waals surface area contributed by atoms with Crippen LogP contribution in [0, 0.1) is 0 Å². The number of thioether (sulfide) groups is 1. The summed E-state index contributed by atoms with van der Waals surface area (Å²) < 4.78 is 0. The van der Waals surface area contributed by atoms with Crippen LogP contribution in [0.1, 0.15) is 16.0 Å². The molecule has 0 unspecified atom stereocenters. The van der Waals surface area contributed by atoms with Crippen molar-refractivity contribution in [3.8, 4) is 0 Å². The standard InChI is InChI=1S/C25H20N2O2S2/c28-24-22(21-11-6-14-30-21)23(31-16-17-7-2-1-3-8-17)25(29)27(24)13-12-18-15-26-20-10-5-4-9-19(18)20/h1-11,14-15,26H,12-13,16H2. The zero-order valence-electron chi connectivity index (χ0n) is 16.7. The zero-order chi connectivity index (χ0) is 21.2. The van der Waals surface area contributed by atoms with Crippen molar-refractivity contribution >= 4 is 51.4 Å². The summed E-state index contributed by atoms with van der Waals surface area (Å²) in [5, 5.41) is 3.07. The lowest BCUT2D eigenvalue weighted by atomic mass is 10.1. The first kappa shape index (κ1) is 19.8. The Kier molecular flexibility index (Phi) is 5.49. The van der Waals surface area contributed by atoms with Gasteiger partial charge in [-0.3, -0.25) is 14.5 Å². The summed E-state index contributed by atoms with van der Waals surface area (Å²) in [6.07, 6.45) is 2.59. The molecule has 2 amide bonds. The van der Waals surface area contributed by atoms with Crippen LogP contribution in [-0.2, 0) is 21.8 Å². The number of nitrogens with zero attached hydrogens (tertiary/aromatic N) is 1. The molecule has 0 atom stereocenters. The van der Waals surface area contributed by atoms with Crippen molar-refractivity contribution in [2.45, 2.75) is 12.2 Å². The third-order valence-corrected chi connectivity index (χ3v) is 7.43. The fourth-order valence-corrected chi connectivity index (χ4v) is 5.74. The van der Waals surface area contributed by atoms with E-state index in [-0.39, 0.29) is 11.8 Å². The van der Waals surface area contributed by atoms with Crippen LogP contribution in [0.4, 0.5) is 0 Å². The van der Waals surface area contributed by atoms with E-state index in [2.05, 4.69) is 11.1 Å². The summed E-state index contributed by atoms with van der Waals surface area (Å²) in [5.74, 6) is 0.275. The Bertz CT molecular complexity index is 1270. The average Bonchev–Trinajstić information content (AvgIpc) is 3.51. The van der Waals surface area contributed by atoms with Gasteiger partial charge in [0.15, 0.2) is 0 Å². The normalized spacial score (nSPS) is 14.3. The maximum atomic E-state index is 13.3. The van der Waals surface area contributed by atoms with Gasteiger partial charge in [0.2, 0.25) is 0 Å².